The molecule has 0 spiro atoms. The van der Waals surface area contributed by atoms with E-state index in [-0.39, 0.29) is 0 Å². The van der Waals surface area contributed by atoms with E-state index in [1.165, 1.54) is 17.4 Å². The van der Waals surface area contributed by atoms with Gasteiger partial charge in [0.15, 0.2) is 0 Å². The number of hydrogen-bond acceptors (Lipinski definition) is 2. The Labute approximate surface area is 105 Å². The normalized spacial score (nSPS) is 13.5. The second-order valence-electron chi connectivity index (χ2n) is 4.25. The van der Waals surface area contributed by atoms with Crippen molar-refractivity contribution < 1.29 is 14.4 Å². The molecule has 0 fully saturated rings. The van der Waals surface area contributed by atoms with Crippen LogP contribution in [0.2, 0.25) is 0 Å². The standard InChI is InChI=1S/C13H13N3O2/c1-9(17)12(15-14)13(18)16-7-6-10-4-2-3-5-11(10)8-16/h2-5H,6-8H2,1H3. The number of Topliss-reactive ketones (excluding diaryl/α,β-unsaturated/α-hetero) is 1. The molecular weight excluding hydrogens is 230 g/mol. The van der Waals surface area contributed by atoms with Crippen molar-refractivity contribution in [1.29, 1.82) is 0 Å². The van der Waals surface area contributed by atoms with Crippen molar-refractivity contribution in [3.8, 4) is 0 Å². The quantitative estimate of drug-likeness (QED) is 0.334. The van der Waals surface area contributed by atoms with Crippen molar-refractivity contribution in [1.82, 2.24) is 4.90 Å². The Hall–Kier alpha value is -2.26. The lowest BCUT2D eigenvalue weighted by molar-refractivity contribution is -0.132. The van der Waals surface area contributed by atoms with Crippen LogP contribution < -0.4 is 0 Å². The van der Waals surface area contributed by atoms with Gasteiger partial charge < -0.3 is 10.4 Å². The molecule has 0 bridgehead atoms. The molecule has 1 aromatic rings. The Morgan fingerprint density at radius 2 is 1.94 bits per heavy atom. The fourth-order valence-electron chi connectivity index (χ4n) is 2.08. The van der Waals surface area contributed by atoms with Crippen LogP contribution in [0.15, 0.2) is 24.3 Å². The van der Waals surface area contributed by atoms with Gasteiger partial charge in [0, 0.05) is 20.0 Å². The van der Waals surface area contributed by atoms with Gasteiger partial charge in [-0.25, -0.2) is 0 Å². The van der Waals surface area contributed by atoms with Crippen LogP contribution in [0.3, 0.4) is 0 Å². The second-order valence-corrected chi connectivity index (χ2v) is 4.25. The van der Waals surface area contributed by atoms with Crippen LogP contribution in [-0.4, -0.2) is 33.6 Å². The molecule has 2 rings (SSSR count). The smallest absolute Gasteiger partial charge is 0.360 e. The van der Waals surface area contributed by atoms with Gasteiger partial charge in [-0.2, -0.15) is 4.79 Å². The summed E-state index contributed by atoms with van der Waals surface area (Å²) >= 11 is 0. The highest BCUT2D eigenvalue weighted by Gasteiger charge is 2.32. The van der Waals surface area contributed by atoms with Crippen LogP contribution in [0.25, 0.3) is 5.53 Å². The topological polar surface area (TPSA) is 73.8 Å². The van der Waals surface area contributed by atoms with Gasteiger partial charge in [0.25, 0.3) is 0 Å². The Balaban J connectivity index is 2.21. The molecule has 5 heteroatoms. The summed E-state index contributed by atoms with van der Waals surface area (Å²) in [6.07, 6.45) is 0.749. The van der Waals surface area contributed by atoms with Crippen LogP contribution in [0.5, 0.6) is 0 Å². The minimum Gasteiger partial charge on any atom is -0.360 e. The third-order valence-corrected chi connectivity index (χ3v) is 3.05. The van der Waals surface area contributed by atoms with E-state index in [1.807, 2.05) is 24.3 Å². The second kappa shape index (κ2) is 4.94. The van der Waals surface area contributed by atoms with Gasteiger partial charge in [0.1, 0.15) is 0 Å². The van der Waals surface area contributed by atoms with Gasteiger partial charge in [-0.1, -0.05) is 24.3 Å². The highest BCUT2D eigenvalue weighted by atomic mass is 16.2. The molecule has 0 atom stereocenters. The number of benzene rings is 1. The zero-order valence-electron chi connectivity index (χ0n) is 10.1. The summed E-state index contributed by atoms with van der Waals surface area (Å²) in [6.45, 7) is 2.19. The first-order valence-corrected chi connectivity index (χ1v) is 5.72. The van der Waals surface area contributed by atoms with E-state index in [0.29, 0.717) is 13.1 Å². The van der Waals surface area contributed by atoms with Crippen molar-refractivity contribution >= 4 is 17.4 Å². The fourth-order valence-corrected chi connectivity index (χ4v) is 2.08. The molecule has 0 radical (unpaired) electrons. The summed E-state index contributed by atoms with van der Waals surface area (Å²) < 4.78 is 0. The molecule has 1 aliphatic rings. The van der Waals surface area contributed by atoms with E-state index in [1.54, 1.807) is 0 Å². The number of carbonyl (C=O) groups excluding carboxylic acids is 2. The average molecular weight is 243 g/mol. The lowest BCUT2D eigenvalue weighted by atomic mass is 9.99. The fraction of sp³-hybridized carbons (Fsp3) is 0.308. The van der Waals surface area contributed by atoms with Crippen LogP contribution in [0.1, 0.15) is 18.1 Å². The van der Waals surface area contributed by atoms with Gasteiger partial charge in [0.2, 0.25) is 5.78 Å². The Morgan fingerprint density at radius 3 is 2.56 bits per heavy atom. The Bertz CT molecular complexity index is 559. The average Bonchev–Trinajstić information content (AvgIpc) is 2.38. The van der Waals surface area contributed by atoms with Gasteiger partial charge in [-0.3, -0.25) is 9.59 Å². The van der Waals surface area contributed by atoms with E-state index < -0.39 is 17.4 Å². The lowest BCUT2D eigenvalue weighted by Crippen LogP contribution is -2.42. The maximum Gasteiger partial charge on any atom is 0.421 e. The zero-order chi connectivity index (χ0) is 13.1. The zero-order valence-corrected chi connectivity index (χ0v) is 10.1. The van der Waals surface area contributed by atoms with Crippen molar-refractivity contribution in [2.45, 2.75) is 19.9 Å². The van der Waals surface area contributed by atoms with Gasteiger partial charge >= 0.3 is 11.6 Å². The molecule has 0 unspecified atom stereocenters. The number of nitrogens with zero attached hydrogens (tertiary/aromatic N) is 3. The van der Waals surface area contributed by atoms with Crippen molar-refractivity contribution in [3.05, 3.63) is 40.9 Å². The first-order chi connectivity index (χ1) is 8.63. The first kappa shape index (κ1) is 12.2. The molecular formula is C13H13N3O2. The molecule has 1 aliphatic heterocycles. The minimum absolute atomic E-state index is 0.408. The molecule has 18 heavy (non-hydrogen) atoms. The minimum atomic E-state index is -0.527. The van der Waals surface area contributed by atoms with Crippen molar-refractivity contribution in [2.75, 3.05) is 6.54 Å². The van der Waals surface area contributed by atoms with Crippen LogP contribution in [-0.2, 0) is 22.6 Å². The largest absolute Gasteiger partial charge is 0.421 e. The van der Waals surface area contributed by atoms with Crippen LogP contribution >= 0.6 is 0 Å². The SMILES string of the molecule is CC(=O)C(=[N+]=[N-])C(=O)N1CCc2ccccc2C1. The number of carbonyl (C=O) groups is 2. The summed E-state index contributed by atoms with van der Waals surface area (Å²) in [6, 6.07) is 7.87. The van der Waals surface area contributed by atoms with Crippen molar-refractivity contribution in [3.63, 3.8) is 0 Å². The Morgan fingerprint density at radius 1 is 1.28 bits per heavy atom. The molecule has 0 saturated carbocycles. The summed E-state index contributed by atoms with van der Waals surface area (Å²) in [5, 5.41) is 0. The molecule has 92 valence electrons. The molecule has 1 amide bonds. The van der Waals surface area contributed by atoms with E-state index in [4.69, 9.17) is 5.53 Å². The number of rotatable bonds is 2. The maximum atomic E-state index is 12.0. The van der Waals surface area contributed by atoms with E-state index in [0.717, 1.165) is 12.0 Å². The van der Waals surface area contributed by atoms with Gasteiger partial charge in [-0.05, 0) is 17.5 Å². The summed E-state index contributed by atoms with van der Waals surface area (Å²) in [5.74, 6) is -1.04. The molecule has 0 aliphatic carbocycles. The van der Waals surface area contributed by atoms with E-state index >= 15 is 0 Å². The van der Waals surface area contributed by atoms with E-state index in [9.17, 15) is 9.59 Å². The highest BCUT2D eigenvalue weighted by Crippen LogP contribution is 2.18. The molecule has 0 saturated heterocycles. The third-order valence-electron chi connectivity index (χ3n) is 3.05. The highest BCUT2D eigenvalue weighted by molar-refractivity contribution is 6.63. The van der Waals surface area contributed by atoms with Crippen LogP contribution in [0.4, 0.5) is 0 Å². The summed E-state index contributed by atoms with van der Waals surface area (Å²) in [5.41, 5.74) is 10.6. The molecule has 1 aromatic carbocycles. The molecule has 0 N–H and O–H groups in total. The van der Waals surface area contributed by atoms with Crippen LogP contribution in [0, 0.1) is 0 Å². The predicted molar refractivity (Wildman–Crippen MR) is 64.9 cm³/mol. The third kappa shape index (κ3) is 2.21. The summed E-state index contributed by atoms with van der Waals surface area (Å²) in [4.78, 5) is 27.5. The summed E-state index contributed by atoms with van der Waals surface area (Å²) in [7, 11) is 0. The van der Waals surface area contributed by atoms with Gasteiger partial charge in [-0.15, -0.1) is 0 Å². The molecule has 1 heterocycles. The van der Waals surface area contributed by atoms with E-state index in [2.05, 4.69) is 4.79 Å². The number of fused-ring (bicyclic) bond motifs is 1. The Kier molecular flexibility index (Phi) is 3.35. The van der Waals surface area contributed by atoms with Crippen molar-refractivity contribution in [2.24, 2.45) is 0 Å². The predicted octanol–water partition coefficient (Wildman–Crippen LogP) is 0.831. The number of amides is 1. The van der Waals surface area contributed by atoms with Gasteiger partial charge in [0.05, 0.1) is 0 Å². The monoisotopic (exact) mass is 243 g/mol. The maximum absolute atomic E-state index is 12.0. The number of hydrogen-bond donors (Lipinski definition) is 0. The lowest BCUT2D eigenvalue weighted by Gasteiger charge is -2.27. The first-order valence-electron chi connectivity index (χ1n) is 5.72. The molecule has 0 aromatic heterocycles. The molecule has 5 nitrogen and oxygen atoms in total. The number of ketones is 1.